The second-order valence-electron chi connectivity index (χ2n) is 3.70. The number of halogens is 1. The first-order valence-electron chi connectivity index (χ1n) is 5.24. The Balaban J connectivity index is 2.07. The van der Waals surface area contributed by atoms with Crippen LogP contribution in [-0.2, 0) is 14.3 Å². The Hall–Kier alpha value is -0.320. The first-order valence-corrected chi connectivity index (χ1v) is 5.68. The van der Waals surface area contributed by atoms with Gasteiger partial charge in [0.2, 0.25) is 0 Å². The van der Waals surface area contributed by atoms with Crippen molar-refractivity contribution in [2.45, 2.75) is 18.2 Å². The van der Waals surface area contributed by atoms with E-state index in [1.54, 1.807) is 0 Å². The molecule has 0 saturated carbocycles. The summed E-state index contributed by atoms with van der Waals surface area (Å²) >= 11 is 5.79. The molecule has 1 atom stereocenters. The molecule has 0 aromatic heterocycles. The van der Waals surface area contributed by atoms with Gasteiger partial charge in [0.15, 0.2) is 0 Å². The van der Waals surface area contributed by atoms with Crippen molar-refractivity contribution in [2.24, 2.45) is 5.92 Å². The maximum Gasteiger partial charge on any atom is 0.325 e. The van der Waals surface area contributed by atoms with Crippen LogP contribution in [-0.4, -0.2) is 44.8 Å². The Morgan fingerprint density at radius 1 is 1.60 bits per heavy atom. The summed E-state index contributed by atoms with van der Waals surface area (Å²) in [6.07, 6.45) is 2.16. The Labute approximate surface area is 95.3 Å². The zero-order chi connectivity index (χ0) is 11.1. The molecule has 0 spiro atoms. The van der Waals surface area contributed by atoms with Crippen LogP contribution in [0.15, 0.2) is 0 Å². The predicted octanol–water partition coefficient (Wildman–Crippen LogP) is 0.783. The normalized spacial score (nSPS) is 19.9. The molecule has 5 heteroatoms. The van der Waals surface area contributed by atoms with Gasteiger partial charge >= 0.3 is 5.97 Å². The number of carbonyl (C=O) groups excluding carboxylic acids is 1. The monoisotopic (exact) mass is 235 g/mol. The van der Waals surface area contributed by atoms with Crippen molar-refractivity contribution >= 4 is 17.6 Å². The van der Waals surface area contributed by atoms with Gasteiger partial charge in [0.25, 0.3) is 0 Å². The van der Waals surface area contributed by atoms with Crippen LogP contribution in [0.25, 0.3) is 0 Å². The van der Waals surface area contributed by atoms with Gasteiger partial charge in [-0.1, -0.05) is 0 Å². The van der Waals surface area contributed by atoms with Crippen LogP contribution in [0.5, 0.6) is 0 Å². The van der Waals surface area contributed by atoms with Gasteiger partial charge in [0, 0.05) is 19.8 Å². The van der Waals surface area contributed by atoms with Gasteiger partial charge in [-0.2, -0.15) is 0 Å². The molecular formula is C10H18ClNO3. The van der Waals surface area contributed by atoms with E-state index in [0.717, 1.165) is 32.6 Å². The van der Waals surface area contributed by atoms with Gasteiger partial charge in [-0.05, 0) is 25.3 Å². The van der Waals surface area contributed by atoms with Crippen LogP contribution < -0.4 is 5.32 Å². The number of hydrogen-bond donors (Lipinski definition) is 1. The number of nitrogens with one attached hydrogen (secondary N) is 1. The molecule has 1 rings (SSSR count). The van der Waals surface area contributed by atoms with Gasteiger partial charge < -0.3 is 14.8 Å². The lowest BCUT2D eigenvalue weighted by Gasteiger charge is -2.22. The van der Waals surface area contributed by atoms with Gasteiger partial charge in [-0.25, -0.2) is 0 Å². The molecule has 0 radical (unpaired) electrons. The van der Waals surface area contributed by atoms with Crippen LogP contribution >= 0.6 is 11.6 Å². The summed E-state index contributed by atoms with van der Waals surface area (Å²) in [6, 6.07) is 0. The third-order valence-corrected chi connectivity index (χ3v) is 2.89. The molecule has 0 amide bonds. The lowest BCUT2D eigenvalue weighted by atomic mass is 10.0. The van der Waals surface area contributed by atoms with E-state index < -0.39 is 5.38 Å². The van der Waals surface area contributed by atoms with Gasteiger partial charge in [0.05, 0.1) is 7.11 Å². The number of methoxy groups -OCH3 is 1. The minimum Gasteiger partial charge on any atom is -0.468 e. The van der Waals surface area contributed by atoms with E-state index in [9.17, 15) is 4.79 Å². The van der Waals surface area contributed by atoms with Crippen molar-refractivity contribution in [2.75, 3.05) is 33.4 Å². The van der Waals surface area contributed by atoms with Crippen LogP contribution in [0.2, 0.25) is 0 Å². The van der Waals surface area contributed by atoms with E-state index in [4.69, 9.17) is 16.3 Å². The van der Waals surface area contributed by atoms with Crippen LogP contribution in [0, 0.1) is 5.92 Å². The average molecular weight is 236 g/mol. The number of esters is 1. The molecule has 1 aliphatic rings. The van der Waals surface area contributed by atoms with Gasteiger partial charge in [-0.15, -0.1) is 11.6 Å². The lowest BCUT2D eigenvalue weighted by Crippen LogP contribution is -2.34. The van der Waals surface area contributed by atoms with Crippen molar-refractivity contribution in [1.82, 2.24) is 5.32 Å². The van der Waals surface area contributed by atoms with Crippen LogP contribution in [0.4, 0.5) is 0 Å². The summed E-state index contributed by atoms with van der Waals surface area (Å²) in [7, 11) is 1.34. The highest BCUT2D eigenvalue weighted by atomic mass is 35.5. The fraction of sp³-hybridized carbons (Fsp3) is 0.900. The second kappa shape index (κ2) is 7.04. The summed E-state index contributed by atoms with van der Waals surface area (Å²) in [6.45, 7) is 3.04. The maximum absolute atomic E-state index is 11.0. The molecule has 1 heterocycles. The Kier molecular flexibility index (Phi) is 5.98. The number of hydrogen-bond acceptors (Lipinski definition) is 4. The van der Waals surface area contributed by atoms with E-state index in [2.05, 4.69) is 10.1 Å². The standard InChI is InChI=1S/C10H18ClNO3/c1-14-10(13)9(11)7-12-6-8-2-4-15-5-3-8/h8-9,12H,2-7H2,1H3. The smallest absolute Gasteiger partial charge is 0.325 e. The number of ether oxygens (including phenoxy) is 2. The Morgan fingerprint density at radius 3 is 2.87 bits per heavy atom. The van der Waals surface area contributed by atoms with E-state index in [1.165, 1.54) is 7.11 Å². The summed E-state index contributed by atoms with van der Waals surface area (Å²) in [5, 5.41) is 2.59. The largest absolute Gasteiger partial charge is 0.468 e. The van der Waals surface area contributed by atoms with Crippen molar-refractivity contribution in [1.29, 1.82) is 0 Å². The summed E-state index contributed by atoms with van der Waals surface area (Å²) < 4.78 is 9.78. The third kappa shape index (κ3) is 4.82. The molecule has 0 aromatic carbocycles. The van der Waals surface area contributed by atoms with E-state index in [-0.39, 0.29) is 5.97 Å². The molecule has 4 nitrogen and oxygen atoms in total. The summed E-state index contributed by atoms with van der Waals surface area (Å²) in [5.41, 5.74) is 0. The zero-order valence-corrected chi connectivity index (χ0v) is 9.76. The van der Waals surface area contributed by atoms with Crippen LogP contribution in [0.3, 0.4) is 0 Å². The molecule has 1 N–H and O–H groups in total. The average Bonchev–Trinajstić information content (AvgIpc) is 2.29. The molecule has 0 aliphatic carbocycles. The lowest BCUT2D eigenvalue weighted by molar-refractivity contribution is -0.140. The molecule has 1 saturated heterocycles. The quantitative estimate of drug-likeness (QED) is 0.565. The highest BCUT2D eigenvalue weighted by Gasteiger charge is 2.17. The SMILES string of the molecule is COC(=O)C(Cl)CNCC1CCOCC1. The van der Waals surface area contributed by atoms with Gasteiger partial charge in [0.1, 0.15) is 5.38 Å². The third-order valence-electron chi connectivity index (χ3n) is 2.55. The minimum absolute atomic E-state index is 0.379. The van der Waals surface area contributed by atoms with E-state index >= 15 is 0 Å². The zero-order valence-electron chi connectivity index (χ0n) is 9.00. The Morgan fingerprint density at radius 2 is 2.27 bits per heavy atom. The number of alkyl halides is 1. The second-order valence-corrected chi connectivity index (χ2v) is 4.23. The highest BCUT2D eigenvalue weighted by molar-refractivity contribution is 6.30. The van der Waals surface area contributed by atoms with E-state index in [1.807, 2.05) is 0 Å². The fourth-order valence-electron chi connectivity index (χ4n) is 1.58. The van der Waals surface area contributed by atoms with E-state index in [0.29, 0.717) is 12.5 Å². The van der Waals surface area contributed by atoms with Crippen molar-refractivity contribution in [3.63, 3.8) is 0 Å². The number of carbonyl (C=O) groups is 1. The predicted molar refractivity (Wildman–Crippen MR) is 58.1 cm³/mol. The van der Waals surface area contributed by atoms with Crippen molar-refractivity contribution < 1.29 is 14.3 Å². The highest BCUT2D eigenvalue weighted by Crippen LogP contribution is 2.13. The minimum atomic E-state index is -0.588. The molecule has 0 bridgehead atoms. The molecule has 1 unspecified atom stereocenters. The van der Waals surface area contributed by atoms with Crippen molar-refractivity contribution in [3.8, 4) is 0 Å². The summed E-state index contributed by atoms with van der Waals surface area (Å²) in [4.78, 5) is 11.0. The molecule has 0 aromatic rings. The van der Waals surface area contributed by atoms with Crippen LogP contribution in [0.1, 0.15) is 12.8 Å². The molecular weight excluding hydrogens is 218 g/mol. The first kappa shape index (κ1) is 12.7. The maximum atomic E-state index is 11.0. The number of rotatable bonds is 5. The van der Waals surface area contributed by atoms with Crippen molar-refractivity contribution in [3.05, 3.63) is 0 Å². The molecule has 1 fully saturated rings. The molecule has 88 valence electrons. The summed E-state index contributed by atoms with van der Waals surface area (Å²) in [5.74, 6) is 0.261. The fourth-order valence-corrected chi connectivity index (χ4v) is 1.77. The topological polar surface area (TPSA) is 47.6 Å². The Bertz CT molecular complexity index is 195. The molecule has 15 heavy (non-hydrogen) atoms. The van der Waals surface area contributed by atoms with Gasteiger partial charge in [-0.3, -0.25) is 4.79 Å². The molecule has 1 aliphatic heterocycles. The first-order chi connectivity index (χ1) is 7.24.